The first-order chi connectivity index (χ1) is 7.20. The highest BCUT2D eigenvalue weighted by atomic mass is 79.9. The minimum Gasteiger partial charge on any atom is -0.391 e. The van der Waals surface area contributed by atoms with E-state index < -0.39 is 0 Å². The predicted octanol–water partition coefficient (Wildman–Crippen LogP) is 1.48. The first-order valence-corrected chi connectivity index (χ1v) is 5.91. The molecular formula is C11H15BrN2O. The molecule has 3 nitrogen and oxygen atoms in total. The van der Waals surface area contributed by atoms with Gasteiger partial charge in [-0.15, -0.1) is 0 Å². The van der Waals surface area contributed by atoms with Crippen molar-refractivity contribution in [1.82, 2.24) is 0 Å². The van der Waals surface area contributed by atoms with Gasteiger partial charge in [0.25, 0.3) is 0 Å². The molecule has 0 aromatic heterocycles. The van der Waals surface area contributed by atoms with E-state index in [2.05, 4.69) is 26.9 Å². The van der Waals surface area contributed by atoms with E-state index >= 15 is 0 Å². The molecule has 0 saturated carbocycles. The van der Waals surface area contributed by atoms with Crippen molar-refractivity contribution in [2.24, 2.45) is 5.73 Å². The lowest BCUT2D eigenvalue weighted by molar-refractivity contribution is 0.198. The Morgan fingerprint density at radius 2 is 2.33 bits per heavy atom. The number of anilines is 1. The average molecular weight is 271 g/mol. The molecule has 82 valence electrons. The van der Waals surface area contributed by atoms with Crippen LogP contribution in [-0.2, 0) is 6.54 Å². The maximum absolute atomic E-state index is 9.50. The van der Waals surface area contributed by atoms with Crippen molar-refractivity contribution in [3.63, 3.8) is 0 Å². The van der Waals surface area contributed by atoms with Crippen molar-refractivity contribution in [3.8, 4) is 0 Å². The number of hydrogen-bond acceptors (Lipinski definition) is 3. The number of aliphatic hydroxyl groups is 1. The highest BCUT2D eigenvalue weighted by molar-refractivity contribution is 9.10. The van der Waals surface area contributed by atoms with Crippen LogP contribution in [0, 0.1) is 0 Å². The normalized spacial score (nSPS) is 21.0. The van der Waals surface area contributed by atoms with Gasteiger partial charge in [0.05, 0.1) is 6.10 Å². The maximum Gasteiger partial charge on any atom is 0.0731 e. The Labute approximate surface area is 98.0 Å². The molecule has 0 radical (unpaired) electrons. The van der Waals surface area contributed by atoms with Crippen LogP contribution in [0.2, 0.25) is 0 Å². The fraction of sp³-hybridized carbons (Fsp3) is 0.455. The van der Waals surface area contributed by atoms with Crippen molar-refractivity contribution < 1.29 is 5.11 Å². The Balaban J connectivity index is 2.27. The number of halogens is 1. The Bertz CT molecular complexity index is 356. The van der Waals surface area contributed by atoms with E-state index in [1.165, 1.54) is 0 Å². The van der Waals surface area contributed by atoms with Crippen LogP contribution in [0.3, 0.4) is 0 Å². The summed E-state index contributed by atoms with van der Waals surface area (Å²) in [5, 5.41) is 9.50. The third-order valence-electron chi connectivity index (χ3n) is 2.77. The van der Waals surface area contributed by atoms with Crippen molar-refractivity contribution in [2.75, 3.05) is 18.0 Å². The summed E-state index contributed by atoms with van der Waals surface area (Å²) in [6.45, 7) is 2.16. The monoisotopic (exact) mass is 270 g/mol. The average Bonchev–Trinajstić information content (AvgIpc) is 2.64. The SMILES string of the molecule is NCc1cc(Br)ccc1N1CCC(O)C1. The molecule has 1 atom stereocenters. The summed E-state index contributed by atoms with van der Waals surface area (Å²) in [5.41, 5.74) is 7.99. The lowest BCUT2D eigenvalue weighted by atomic mass is 10.1. The largest absolute Gasteiger partial charge is 0.391 e. The summed E-state index contributed by atoms with van der Waals surface area (Å²) < 4.78 is 1.05. The molecule has 0 amide bonds. The van der Waals surface area contributed by atoms with Gasteiger partial charge in [0.2, 0.25) is 0 Å². The van der Waals surface area contributed by atoms with Crippen LogP contribution >= 0.6 is 15.9 Å². The number of benzene rings is 1. The van der Waals surface area contributed by atoms with Gasteiger partial charge in [-0.3, -0.25) is 0 Å². The summed E-state index contributed by atoms with van der Waals surface area (Å²) in [7, 11) is 0. The zero-order chi connectivity index (χ0) is 10.8. The van der Waals surface area contributed by atoms with Gasteiger partial charge in [0.1, 0.15) is 0 Å². The third-order valence-corrected chi connectivity index (χ3v) is 3.26. The summed E-state index contributed by atoms with van der Waals surface area (Å²) >= 11 is 3.43. The zero-order valence-corrected chi connectivity index (χ0v) is 10.1. The molecule has 1 aliphatic heterocycles. The minimum atomic E-state index is -0.195. The molecule has 3 N–H and O–H groups in total. The van der Waals surface area contributed by atoms with Gasteiger partial charge in [-0.1, -0.05) is 15.9 Å². The number of nitrogens with two attached hydrogens (primary N) is 1. The number of rotatable bonds is 2. The highest BCUT2D eigenvalue weighted by Crippen LogP contribution is 2.27. The molecule has 1 heterocycles. The molecule has 4 heteroatoms. The van der Waals surface area contributed by atoms with Gasteiger partial charge in [-0.2, -0.15) is 0 Å². The summed E-state index contributed by atoms with van der Waals surface area (Å²) in [4.78, 5) is 2.19. The van der Waals surface area contributed by atoms with Crippen LogP contribution in [0.15, 0.2) is 22.7 Å². The third kappa shape index (κ3) is 2.33. The molecular weight excluding hydrogens is 256 g/mol. The molecule has 0 bridgehead atoms. The Morgan fingerprint density at radius 1 is 1.53 bits per heavy atom. The topological polar surface area (TPSA) is 49.5 Å². The smallest absolute Gasteiger partial charge is 0.0731 e. The number of hydrogen-bond donors (Lipinski definition) is 2. The number of β-amino-alcohol motifs (C(OH)–C–C–N with tert-alkyl or cyclic N) is 1. The number of nitrogens with zero attached hydrogens (tertiary/aromatic N) is 1. The predicted molar refractivity (Wildman–Crippen MR) is 64.9 cm³/mol. The van der Waals surface area contributed by atoms with Crippen LogP contribution in [0.4, 0.5) is 5.69 Å². The van der Waals surface area contributed by atoms with Crippen LogP contribution < -0.4 is 10.6 Å². The van der Waals surface area contributed by atoms with Gasteiger partial charge in [0.15, 0.2) is 0 Å². The highest BCUT2D eigenvalue weighted by Gasteiger charge is 2.21. The van der Waals surface area contributed by atoms with E-state index in [0.29, 0.717) is 13.1 Å². The van der Waals surface area contributed by atoms with E-state index in [-0.39, 0.29) is 6.10 Å². The van der Waals surface area contributed by atoms with E-state index in [4.69, 9.17) is 5.73 Å². The van der Waals surface area contributed by atoms with Gasteiger partial charge in [0, 0.05) is 29.8 Å². The van der Waals surface area contributed by atoms with E-state index in [1.807, 2.05) is 12.1 Å². The fourth-order valence-corrected chi connectivity index (χ4v) is 2.40. The second-order valence-electron chi connectivity index (χ2n) is 3.87. The van der Waals surface area contributed by atoms with Gasteiger partial charge >= 0.3 is 0 Å². The zero-order valence-electron chi connectivity index (χ0n) is 8.49. The molecule has 15 heavy (non-hydrogen) atoms. The van der Waals surface area contributed by atoms with Crippen molar-refractivity contribution >= 4 is 21.6 Å². The van der Waals surface area contributed by atoms with E-state index in [9.17, 15) is 5.11 Å². The molecule has 1 fully saturated rings. The van der Waals surface area contributed by atoms with Crippen molar-refractivity contribution in [1.29, 1.82) is 0 Å². The molecule has 1 aliphatic rings. The summed E-state index contributed by atoms with van der Waals surface area (Å²) in [6, 6.07) is 6.11. The van der Waals surface area contributed by atoms with Crippen LogP contribution in [0.1, 0.15) is 12.0 Å². The lowest BCUT2D eigenvalue weighted by Gasteiger charge is -2.21. The van der Waals surface area contributed by atoms with Crippen LogP contribution in [0.25, 0.3) is 0 Å². The first kappa shape index (κ1) is 10.9. The fourth-order valence-electron chi connectivity index (χ4n) is 1.99. The van der Waals surface area contributed by atoms with Crippen molar-refractivity contribution in [3.05, 3.63) is 28.2 Å². The molecule has 1 aromatic rings. The molecule has 0 spiro atoms. The first-order valence-electron chi connectivity index (χ1n) is 5.12. The summed E-state index contributed by atoms with van der Waals surface area (Å²) in [6.07, 6.45) is 0.652. The Kier molecular flexibility index (Phi) is 3.29. The quantitative estimate of drug-likeness (QED) is 0.856. The molecule has 2 rings (SSSR count). The van der Waals surface area contributed by atoms with Gasteiger partial charge in [-0.25, -0.2) is 0 Å². The minimum absolute atomic E-state index is 0.195. The summed E-state index contributed by atoms with van der Waals surface area (Å²) in [5.74, 6) is 0. The van der Waals surface area contributed by atoms with Crippen LogP contribution in [-0.4, -0.2) is 24.3 Å². The molecule has 0 aliphatic carbocycles. The van der Waals surface area contributed by atoms with Crippen molar-refractivity contribution in [2.45, 2.75) is 19.1 Å². The Morgan fingerprint density at radius 3 is 2.93 bits per heavy atom. The molecule has 1 unspecified atom stereocenters. The molecule has 1 saturated heterocycles. The maximum atomic E-state index is 9.50. The van der Waals surface area contributed by atoms with E-state index in [1.54, 1.807) is 0 Å². The second kappa shape index (κ2) is 4.51. The number of aliphatic hydroxyl groups excluding tert-OH is 1. The molecule has 1 aromatic carbocycles. The van der Waals surface area contributed by atoms with Gasteiger partial charge < -0.3 is 15.7 Å². The standard InChI is InChI=1S/C11H15BrN2O/c12-9-1-2-11(8(5-9)6-13)14-4-3-10(15)7-14/h1-2,5,10,15H,3-4,6-7,13H2. The van der Waals surface area contributed by atoms with Gasteiger partial charge in [-0.05, 0) is 30.2 Å². The van der Waals surface area contributed by atoms with E-state index in [0.717, 1.165) is 28.7 Å². The van der Waals surface area contributed by atoms with Crippen LogP contribution in [0.5, 0.6) is 0 Å². The second-order valence-corrected chi connectivity index (χ2v) is 4.78. The Hall–Kier alpha value is -0.580. The lowest BCUT2D eigenvalue weighted by Crippen LogP contribution is -2.23.